The van der Waals surface area contributed by atoms with Crippen molar-refractivity contribution in [3.63, 3.8) is 0 Å². The number of piperidine rings is 1. The number of morpholine rings is 1. The molecule has 11 heteroatoms. The number of fused-ring (bicyclic) bond motifs is 1. The summed E-state index contributed by atoms with van der Waals surface area (Å²) in [6.45, 7) is 11.5. The van der Waals surface area contributed by atoms with Crippen molar-refractivity contribution >= 4 is 22.9 Å². The maximum absolute atomic E-state index is 5.71. The highest BCUT2D eigenvalue weighted by Crippen LogP contribution is 2.30. The smallest absolute Gasteiger partial charge is 0.219 e. The molecular formula is C24H34N10O. The molecule has 0 radical (unpaired) electrons. The third-order valence-corrected chi connectivity index (χ3v) is 7.54. The zero-order valence-corrected chi connectivity index (χ0v) is 20.4. The molecule has 3 aliphatic rings. The minimum absolute atomic E-state index is 0.238. The minimum atomic E-state index is 0.238. The van der Waals surface area contributed by atoms with Crippen molar-refractivity contribution in [2.24, 2.45) is 0 Å². The molecule has 3 aliphatic heterocycles. The van der Waals surface area contributed by atoms with Crippen LogP contribution in [0, 0.1) is 0 Å². The molecule has 186 valence electrons. The molecule has 0 unspecified atom stereocenters. The summed E-state index contributed by atoms with van der Waals surface area (Å²) < 4.78 is 7.84. The fraction of sp³-hybridized carbons (Fsp3) is 0.625. The Bertz CT molecular complexity index is 1160. The number of likely N-dealkylation sites (tertiary alicyclic amines) is 2. The van der Waals surface area contributed by atoms with Gasteiger partial charge in [-0.05, 0) is 39.3 Å². The maximum atomic E-state index is 5.71. The molecule has 0 saturated carbocycles. The largest absolute Gasteiger partial charge is 0.378 e. The van der Waals surface area contributed by atoms with Gasteiger partial charge in [0.2, 0.25) is 5.95 Å². The van der Waals surface area contributed by atoms with E-state index in [-0.39, 0.29) is 5.95 Å². The molecule has 6 heterocycles. The lowest BCUT2D eigenvalue weighted by Gasteiger charge is -2.42. The first kappa shape index (κ1) is 22.6. The molecule has 3 fully saturated rings. The van der Waals surface area contributed by atoms with Crippen LogP contribution in [0.15, 0.2) is 12.4 Å². The normalized spacial score (nSPS) is 20.4. The van der Waals surface area contributed by atoms with E-state index in [2.05, 4.69) is 36.2 Å². The Kier molecular flexibility index (Phi) is 6.21. The predicted octanol–water partition coefficient (Wildman–Crippen LogP) is 1.39. The summed E-state index contributed by atoms with van der Waals surface area (Å²) in [5, 5.41) is 0. The molecule has 11 nitrogen and oxygen atoms in total. The molecular weight excluding hydrogens is 444 g/mol. The molecule has 0 aliphatic carbocycles. The van der Waals surface area contributed by atoms with Crippen LogP contribution in [0.3, 0.4) is 0 Å². The van der Waals surface area contributed by atoms with E-state index in [1.807, 2.05) is 0 Å². The van der Waals surface area contributed by atoms with Gasteiger partial charge in [0, 0.05) is 51.2 Å². The standard InChI is InChI=1S/C24H34N10O/c1-2-34-19(16-31-8-4-18(5-9-31)32-6-3-7-32)28-20-22(33-10-12-35-13-11-33)29-21(30-23(20)34)17-14-26-24(25)27-15-17/h14-15,18H,2-13,16H2,1H3,(H2,25,26,27). The van der Waals surface area contributed by atoms with E-state index < -0.39 is 0 Å². The van der Waals surface area contributed by atoms with Crippen molar-refractivity contribution in [1.29, 1.82) is 0 Å². The lowest BCUT2D eigenvalue weighted by molar-refractivity contribution is 0.0602. The van der Waals surface area contributed by atoms with Gasteiger partial charge in [0.15, 0.2) is 22.8 Å². The molecule has 3 aromatic rings. The number of aromatic nitrogens is 6. The Morgan fingerprint density at radius 2 is 1.71 bits per heavy atom. The lowest BCUT2D eigenvalue weighted by Crippen LogP contribution is -2.50. The van der Waals surface area contributed by atoms with Crippen molar-refractivity contribution in [3.05, 3.63) is 18.2 Å². The Balaban J connectivity index is 1.34. The summed E-state index contributed by atoms with van der Waals surface area (Å²) in [4.78, 5) is 30.8. The Hall–Kier alpha value is -2.89. The van der Waals surface area contributed by atoms with Gasteiger partial charge < -0.3 is 24.8 Å². The van der Waals surface area contributed by atoms with E-state index in [0.717, 1.165) is 73.7 Å². The lowest BCUT2D eigenvalue weighted by atomic mass is 10.00. The summed E-state index contributed by atoms with van der Waals surface area (Å²) in [6.07, 6.45) is 7.21. The van der Waals surface area contributed by atoms with Gasteiger partial charge in [-0.2, -0.15) is 0 Å². The van der Waals surface area contributed by atoms with Crippen molar-refractivity contribution in [3.8, 4) is 11.4 Å². The Morgan fingerprint density at radius 3 is 2.37 bits per heavy atom. The number of hydrogen-bond acceptors (Lipinski definition) is 10. The summed E-state index contributed by atoms with van der Waals surface area (Å²) in [5.41, 5.74) is 8.18. The molecule has 3 saturated heterocycles. The van der Waals surface area contributed by atoms with Gasteiger partial charge in [-0.1, -0.05) is 0 Å². The second kappa shape index (κ2) is 9.63. The number of rotatable bonds is 6. The first-order chi connectivity index (χ1) is 17.2. The number of nitrogen functional groups attached to an aromatic ring is 1. The van der Waals surface area contributed by atoms with Crippen LogP contribution in [-0.2, 0) is 17.8 Å². The highest BCUT2D eigenvalue weighted by molar-refractivity contribution is 5.86. The second-order valence-electron chi connectivity index (χ2n) is 9.64. The fourth-order valence-corrected chi connectivity index (χ4v) is 5.41. The molecule has 0 amide bonds. The second-order valence-corrected chi connectivity index (χ2v) is 9.64. The molecule has 3 aromatic heterocycles. The third-order valence-electron chi connectivity index (χ3n) is 7.54. The topological polar surface area (TPSA) is 114 Å². The van der Waals surface area contributed by atoms with E-state index in [4.69, 9.17) is 25.4 Å². The van der Waals surface area contributed by atoms with Gasteiger partial charge >= 0.3 is 0 Å². The average Bonchev–Trinajstić information content (AvgIpc) is 3.21. The summed E-state index contributed by atoms with van der Waals surface area (Å²) >= 11 is 0. The summed E-state index contributed by atoms with van der Waals surface area (Å²) in [5.74, 6) is 2.74. The van der Waals surface area contributed by atoms with Crippen LogP contribution in [0.5, 0.6) is 0 Å². The van der Waals surface area contributed by atoms with Crippen LogP contribution >= 0.6 is 0 Å². The molecule has 0 spiro atoms. The summed E-state index contributed by atoms with van der Waals surface area (Å²) in [7, 11) is 0. The summed E-state index contributed by atoms with van der Waals surface area (Å²) in [6, 6.07) is 0.758. The van der Waals surface area contributed by atoms with E-state index in [1.165, 1.54) is 32.4 Å². The van der Waals surface area contributed by atoms with Crippen LogP contribution in [-0.4, -0.2) is 97.8 Å². The maximum Gasteiger partial charge on any atom is 0.219 e. The van der Waals surface area contributed by atoms with Crippen molar-refractivity contribution in [2.75, 3.05) is 63.1 Å². The van der Waals surface area contributed by atoms with Crippen LogP contribution in [0.4, 0.5) is 11.8 Å². The van der Waals surface area contributed by atoms with Gasteiger partial charge in [-0.15, -0.1) is 0 Å². The van der Waals surface area contributed by atoms with Crippen LogP contribution in [0.1, 0.15) is 32.0 Å². The predicted molar refractivity (Wildman–Crippen MR) is 134 cm³/mol. The molecule has 2 N–H and O–H groups in total. The van der Waals surface area contributed by atoms with Crippen LogP contribution < -0.4 is 10.6 Å². The average molecular weight is 479 g/mol. The van der Waals surface area contributed by atoms with Gasteiger partial charge in [0.25, 0.3) is 0 Å². The highest BCUT2D eigenvalue weighted by atomic mass is 16.5. The first-order valence-corrected chi connectivity index (χ1v) is 12.8. The SMILES string of the molecule is CCn1c(CN2CCC(N3CCC3)CC2)nc2c(N3CCOCC3)nc(-c3cnc(N)nc3)nc21. The number of hydrogen-bond donors (Lipinski definition) is 1. The monoisotopic (exact) mass is 478 g/mol. The zero-order valence-electron chi connectivity index (χ0n) is 20.4. The number of nitrogens with zero attached hydrogens (tertiary/aromatic N) is 9. The van der Waals surface area contributed by atoms with Gasteiger partial charge in [0.1, 0.15) is 5.82 Å². The van der Waals surface area contributed by atoms with E-state index in [1.54, 1.807) is 12.4 Å². The van der Waals surface area contributed by atoms with Crippen molar-refractivity contribution in [1.82, 2.24) is 39.3 Å². The molecule has 35 heavy (non-hydrogen) atoms. The molecule has 0 atom stereocenters. The molecule has 0 aromatic carbocycles. The number of aryl methyl sites for hydroxylation is 1. The van der Waals surface area contributed by atoms with E-state index >= 15 is 0 Å². The van der Waals surface area contributed by atoms with Crippen LogP contribution in [0.2, 0.25) is 0 Å². The number of imidazole rings is 1. The Labute approximate surface area is 205 Å². The van der Waals surface area contributed by atoms with E-state index in [9.17, 15) is 0 Å². The van der Waals surface area contributed by atoms with Crippen molar-refractivity contribution in [2.45, 2.75) is 45.3 Å². The van der Waals surface area contributed by atoms with Gasteiger partial charge in [-0.25, -0.2) is 24.9 Å². The molecule has 0 bridgehead atoms. The number of ether oxygens (including phenoxy) is 1. The molecule has 6 rings (SSSR count). The van der Waals surface area contributed by atoms with Gasteiger partial charge in [-0.3, -0.25) is 4.90 Å². The van der Waals surface area contributed by atoms with E-state index in [0.29, 0.717) is 19.0 Å². The first-order valence-electron chi connectivity index (χ1n) is 12.8. The third kappa shape index (κ3) is 4.43. The van der Waals surface area contributed by atoms with Gasteiger partial charge in [0.05, 0.1) is 25.3 Å². The number of anilines is 2. The fourth-order valence-electron chi connectivity index (χ4n) is 5.41. The number of nitrogens with two attached hydrogens (primary N) is 1. The quantitative estimate of drug-likeness (QED) is 0.557. The minimum Gasteiger partial charge on any atom is -0.378 e. The highest BCUT2D eigenvalue weighted by Gasteiger charge is 2.29. The van der Waals surface area contributed by atoms with Crippen LogP contribution in [0.25, 0.3) is 22.6 Å². The Morgan fingerprint density at radius 1 is 0.971 bits per heavy atom. The zero-order chi connectivity index (χ0) is 23.8. The van der Waals surface area contributed by atoms with Crippen molar-refractivity contribution < 1.29 is 4.74 Å².